The minimum absolute atomic E-state index is 0.356. The first-order valence-electron chi connectivity index (χ1n) is 5.78. The summed E-state index contributed by atoms with van der Waals surface area (Å²) in [6.07, 6.45) is 2.60. The molecule has 15 heavy (non-hydrogen) atoms. The van der Waals surface area contributed by atoms with Gasteiger partial charge in [0.2, 0.25) is 5.96 Å². The maximum atomic E-state index is 5.40. The minimum atomic E-state index is 0.356. The lowest BCUT2D eigenvalue weighted by Gasteiger charge is -2.18. The second-order valence-corrected chi connectivity index (χ2v) is 5.13. The predicted octanol–water partition coefficient (Wildman–Crippen LogP) is 1.24. The molecule has 88 valence electrons. The van der Waals surface area contributed by atoms with Gasteiger partial charge >= 0.3 is 0 Å². The van der Waals surface area contributed by atoms with Crippen molar-refractivity contribution in [2.45, 2.75) is 46.6 Å². The van der Waals surface area contributed by atoms with Gasteiger partial charge in [0.15, 0.2) is 0 Å². The number of hydrogen-bond donors (Lipinski definition) is 3. The molecule has 0 bridgehead atoms. The van der Waals surface area contributed by atoms with Gasteiger partial charge in [-0.3, -0.25) is 10.4 Å². The molecule has 0 aromatic carbocycles. The van der Waals surface area contributed by atoms with Crippen LogP contribution in [0.25, 0.3) is 0 Å². The molecule has 4 nitrogen and oxygen atoms in total. The van der Waals surface area contributed by atoms with E-state index in [4.69, 9.17) is 5.84 Å². The van der Waals surface area contributed by atoms with Crippen LogP contribution in [0.2, 0.25) is 0 Å². The zero-order valence-electron chi connectivity index (χ0n) is 10.3. The van der Waals surface area contributed by atoms with Gasteiger partial charge in [-0.15, -0.1) is 0 Å². The number of nitrogens with two attached hydrogens (primary N) is 1. The van der Waals surface area contributed by atoms with Crippen LogP contribution in [-0.4, -0.2) is 18.5 Å². The fourth-order valence-corrected chi connectivity index (χ4v) is 1.72. The molecule has 0 aliphatic heterocycles. The Hall–Kier alpha value is -0.770. The van der Waals surface area contributed by atoms with Crippen LogP contribution in [0.5, 0.6) is 0 Å². The second-order valence-electron chi connectivity index (χ2n) is 5.13. The van der Waals surface area contributed by atoms with Crippen molar-refractivity contribution in [1.82, 2.24) is 10.7 Å². The summed E-state index contributed by atoms with van der Waals surface area (Å²) < 4.78 is 0. The van der Waals surface area contributed by atoms with Crippen LogP contribution in [0.4, 0.5) is 0 Å². The van der Waals surface area contributed by atoms with Gasteiger partial charge < -0.3 is 5.32 Å². The molecule has 0 saturated heterocycles. The summed E-state index contributed by atoms with van der Waals surface area (Å²) in [7, 11) is 0. The second kappa shape index (κ2) is 4.84. The van der Waals surface area contributed by atoms with E-state index < -0.39 is 0 Å². The number of aliphatic imine (C=N–C) groups is 1. The quantitative estimate of drug-likeness (QED) is 0.284. The molecule has 1 saturated carbocycles. The largest absolute Gasteiger partial charge is 0.353 e. The van der Waals surface area contributed by atoms with E-state index in [1.54, 1.807) is 0 Å². The lowest BCUT2D eigenvalue weighted by Crippen LogP contribution is -2.45. The smallest absolute Gasteiger partial charge is 0.205 e. The van der Waals surface area contributed by atoms with Crippen molar-refractivity contribution in [3.63, 3.8) is 0 Å². The van der Waals surface area contributed by atoms with Crippen molar-refractivity contribution in [3.8, 4) is 0 Å². The minimum Gasteiger partial charge on any atom is -0.353 e. The van der Waals surface area contributed by atoms with E-state index in [0.717, 1.165) is 6.54 Å². The molecule has 0 unspecified atom stereocenters. The number of hydrazine groups is 1. The highest BCUT2D eigenvalue weighted by Gasteiger charge is 2.45. The summed E-state index contributed by atoms with van der Waals surface area (Å²) in [4.78, 5) is 4.51. The van der Waals surface area contributed by atoms with Crippen LogP contribution in [0, 0.1) is 11.3 Å². The zero-order valence-corrected chi connectivity index (χ0v) is 10.3. The maximum Gasteiger partial charge on any atom is 0.205 e. The molecule has 4 N–H and O–H groups in total. The maximum absolute atomic E-state index is 5.40. The zero-order chi connectivity index (χ0) is 11.5. The molecule has 0 amide bonds. The third-order valence-electron chi connectivity index (χ3n) is 3.23. The molecule has 1 aliphatic carbocycles. The van der Waals surface area contributed by atoms with Crippen molar-refractivity contribution in [2.24, 2.45) is 22.2 Å². The molecule has 0 atom stereocenters. The van der Waals surface area contributed by atoms with Crippen molar-refractivity contribution >= 4 is 5.96 Å². The number of rotatable bonds is 4. The number of nitrogens with zero attached hydrogens (tertiary/aromatic N) is 1. The lowest BCUT2D eigenvalue weighted by molar-refractivity contribution is 0.370. The van der Waals surface area contributed by atoms with Crippen molar-refractivity contribution in [2.75, 3.05) is 6.54 Å². The first-order valence-corrected chi connectivity index (χ1v) is 5.78. The monoisotopic (exact) mass is 212 g/mol. The van der Waals surface area contributed by atoms with Gasteiger partial charge in [-0.1, -0.05) is 13.8 Å². The topological polar surface area (TPSA) is 62.4 Å². The average molecular weight is 212 g/mol. The van der Waals surface area contributed by atoms with Crippen LogP contribution in [0.15, 0.2) is 4.99 Å². The highest BCUT2D eigenvalue weighted by molar-refractivity contribution is 5.79. The third-order valence-corrected chi connectivity index (χ3v) is 3.23. The molecule has 1 aliphatic rings. The fourth-order valence-electron chi connectivity index (χ4n) is 1.72. The summed E-state index contributed by atoms with van der Waals surface area (Å²) in [6.45, 7) is 9.57. The molecular weight excluding hydrogens is 188 g/mol. The first kappa shape index (κ1) is 12.3. The molecule has 1 fully saturated rings. The highest BCUT2D eigenvalue weighted by atomic mass is 15.3. The Balaban J connectivity index is 2.47. The van der Waals surface area contributed by atoms with Crippen LogP contribution in [-0.2, 0) is 0 Å². The van der Waals surface area contributed by atoms with Gasteiger partial charge in [-0.2, -0.15) is 0 Å². The molecular formula is C11H24N4. The van der Waals surface area contributed by atoms with Gasteiger partial charge in [0.05, 0.1) is 0 Å². The highest BCUT2D eigenvalue weighted by Crippen LogP contribution is 2.51. The Morgan fingerprint density at radius 3 is 2.27 bits per heavy atom. The van der Waals surface area contributed by atoms with E-state index in [1.807, 2.05) is 0 Å². The normalized spacial score (nSPS) is 19.5. The van der Waals surface area contributed by atoms with Gasteiger partial charge in [0, 0.05) is 12.6 Å². The van der Waals surface area contributed by atoms with Crippen LogP contribution in [0.3, 0.4) is 0 Å². The summed E-state index contributed by atoms with van der Waals surface area (Å²) in [6, 6.07) is 0.356. The number of hydrogen-bond acceptors (Lipinski definition) is 2. The van der Waals surface area contributed by atoms with Crippen molar-refractivity contribution < 1.29 is 0 Å². The molecule has 4 heteroatoms. The standard InChI is InChI=1S/C11H24N4/c1-8(2)11(5-6-11)7-13-10(15-12)14-9(3)4/h8-9H,5-7,12H2,1-4H3,(H2,13,14,15). The SMILES string of the molecule is CC(C)NC(=NCC1(C(C)C)CC1)NN. The number of guanidine groups is 1. The summed E-state index contributed by atoms with van der Waals surface area (Å²) >= 11 is 0. The third kappa shape index (κ3) is 3.38. The lowest BCUT2D eigenvalue weighted by atomic mass is 9.93. The Bertz CT molecular complexity index is 229. The Morgan fingerprint density at radius 1 is 1.33 bits per heavy atom. The number of nitrogens with one attached hydrogen (secondary N) is 2. The molecule has 0 heterocycles. The molecule has 0 radical (unpaired) electrons. The first-order chi connectivity index (χ1) is 7.00. The molecule has 0 aromatic rings. The van der Waals surface area contributed by atoms with E-state index in [-0.39, 0.29) is 0 Å². The van der Waals surface area contributed by atoms with Gasteiger partial charge in [-0.25, -0.2) is 5.84 Å². The van der Waals surface area contributed by atoms with E-state index in [0.29, 0.717) is 23.3 Å². The van der Waals surface area contributed by atoms with E-state index in [1.165, 1.54) is 12.8 Å². The molecule has 0 spiro atoms. The van der Waals surface area contributed by atoms with E-state index in [2.05, 4.69) is 43.4 Å². The van der Waals surface area contributed by atoms with Gasteiger partial charge in [-0.05, 0) is 38.0 Å². The van der Waals surface area contributed by atoms with Crippen LogP contribution >= 0.6 is 0 Å². The summed E-state index contributed by atoms with van der Waals surface area (Å²) in [5.41, 5.74) is 3.06. The Labute approximate surface area is 92.7 Å². The van der Waals surface area contributed by atoms with Crippen molar-refractivity contribution in [3.05, 3.63) is 0 Å². The average Bonchev–Trinajstić information content (AvgIpc) is 2.92. The van der Waals surface area contributed by atoms with Crippen molar-refractivity contribution in [1.29, 1.82) is 0 Å². The summed E-state index contributed by atoms with van der Waals surface area (Å²) in [5.74, 6) is 6.82. The molecule has 0 aromatic heterocycles. The van der Waals surface area contributed by atoms with Crippen LogP contribution in [0.1, 0.15) is 40.5 Å². The van der Waals surface area contributed by atoms with E-state index in [9.17, 15) is 0 Å². The molecule has 1 rings (SSSR count). The summed E-state index contributed by atoms with van der Waals surface area (Å²) in [5, 5.41) is 3.18. The van der Waals surface area contributed by atoms with E-state index >= 15 is 0 Å². The Morgan fingerprint density at radius 2 is 1.93 bits per heavy atom. The predicted molar refractivity (Wildman–Crippen MR) is 64.4 cm³/mol. The van der Waals surface area contributed by atoms with Crippen LogP contribution < -0.4 is 16.6 Å². The van der Waals surface area contributed by atoms with Gasteiger partial charge in [0.25, 0.3) is 0 Å². The van der Waals surface area contributed by atoms with Gasteiger partial charge in [0.1, 0.15) is 0 Å². The Kier molecular flexibility index (Phi) is 3.97. The fraction of sp³-hybridized carbons (Fsp3) is 0.909.